The summed E-state index contributed by atoms with van der Waals surface area (Å²) < 4.78 is 27.6. The van der Waals surface area contributed by atoms with E-state index < -0.39 is 15.7 Å². The second-order valence-corrected chi connectivity index (χ2v) is 10.5. The largest absolute Gasteiger partial charge is 0.320 e. The minimum Gasteiger partial charge on any atom is -0.320 e. The van der Waals surface area contributed by atoms with E-state index in [9.17, 15) is 13.2 Å². The highest BCUT2D eigenvalue weighted by molar-refractivity contribution is 7.89. The summed E-state index contributed by atoms with van der Waals surface area (Å²) in [6.45, 7) is 11.0. The number of amides is 1. The lowest BCUT2D eigenvalue weighted by Crippen LogP contribution is -2.61. The van der Waals surface area contributed by atoms with E-state index in [1.807, 2.05) is 24.0 Å². The second-order valence-electron chi connectivity index (χ2n) is 8.58. The molecule has 1 amide bonds. The summed E-state index contributed by atoms with van der Waals surface area (Å²) in [4.78, 5) is 15.4. The first-order valence-electron chi connectivity index (χ1n) is 10.3. The molecule has 28 heavy (non-hydrogen) atoms. The van der Waals surface area contributed by atoms with Gasteiger partial charge in [0.25, 0.3) is 0 Å². The molecular weight excluding hydrogens is 374 g/mol. The van der Waals surface area contributed by atoms with Gasteiger partial charge in [0.1, 0.15) is 0 Å². The highest BCUT2D eigenvalue weighted by Crippen LogP contribution is 2.37. The van der Waals surface area contributed by atoms with E-state index in [0.717, 1.165) is 12.0 Å². The minimum absolute atomic E-state index is 0.129. The van der Waals surface area contributed by atoms with Crippen molar-refractivity contribution >= 4 is 15.9 Å². The van der Waals surface area contributed by atoms with Crippen LogP contribution < -0.4 is 5.32 Å². The number of piperidine rings is 1. The van der Waals surface area contributed by atoms with Gasteiger partial charge in [0.15, 0.2) is 0 Å². The van der Waals surface area contributed by atoms with Crippen LogP contribution in [-0.4, -0.2) is 54.4 Å². The molecule has 0 bridgehead atoms. The van der Waals surface area contributed by atoms with Crippen molar-refractivity contribution in [2.45, 2.75) is 76.5 Å². The Kier molecular flexibility index (Phi) is 5.90. The average Bonchev–Trinajstić information content (AvgIpc) is 2.94. The molecule has 2 atom stereocenters. The van der Waals surface area contributed by atoms with Crippen molar-refractivity contribution in [2.75, 3.05) is 13.1 Å². The molecule has 3 rings (SSSR count). The molecule has 0 radical (unpaired) electrons. The van der Waals surface area contributed by atoms with Gasteiger partial charge < -0.3 is 4.90 Å². The van der Waals surface area contributed by atoms with E-state index in [0.29, 0.717) is 30.8 Å². The highest BCUT2D eigenvalue weighted by atomic mass is 32.2. The van der Waals surface area contributed by atoms with E-state index in [-0.39, 0.29) is 23.9 Å². The SMILES string of the molecule is CC[C@H](C)N1C(=O)[C@@H](C(C)C)NC12CCN(S(=O)(=O)c1ccc(C)cc1)CC2. The summed E-state index contributed by atoms with van der Waals surface area (Å²) >= 11 is 0. The molecule has 0 aliphatic carbocycles. The van der Waals surface area contributed by atoms with Gasteiger partial charge in [-0.15, -0.1) is 0 Å². The van der Waals surface area contributed by atoms with Crippen LogP contribution in [0.4, 0.5) is 0 Å². The third kappa shape index (κ3) is 3.60. The van der Waals surface area contributed by atoms with Gasteiger partial charge >= 0.3 is 0 Å². The Morgan fingerprint density at radius 1 is 1.14 bits per heavy atom. The molecule has 0 saturated carbocycles. The predicted octanol–water partition coefficient (Wildman–Crippen LogP) is 2.73. The van der Waals surface area contributed by atoms with Crippen molar-refractivity contribution in [3.05, 3.63) is 29.8 Å². The van der Waals surface area contributed by atoms with Gasteiger partial charge in [0, 0.05) is 19.1 Å². The van der Waals surface area contributed by atoms with Gasteiger partial charge in [-0.1, -0.05) is 38.5 Å². The fourth-order valence-electron chi connectivity index (χ4n) is 4.40. The van der Waals surface area contributed by atoms with Gasteiger partial charge in [-0.25, -0.2) is 8.42 Å². The molecular formula is C21H33N3O3S. The van der Waals surface area contributed by atoms with Gasteiger partial charge in [-0.3, -0.25) is 10.1 Å². The van der Waals surface area contributed by atoms with Gasteiger partial charge in [-0.05, 0) is 51.2 Å². The summed E-state index contributed by atoms with van der Waals surface area (Å²) in [7, 11) is -3.51. The molecule has 2 fully saturated rings. The van der Waals surface area contributed by atoms with Gasteiger partial charge in [-0.2, -0.15) is 4.31 Å². The first-order valence-corrected chi connectivity index (χ1v) is 11.7. The van der Waals surface area contributed by atoms with Crippen LogP contribution in [0.2, 0.25) is 0 Å². The van der Waals surface area contributed by atoms with Crippen LogP contribution in [0.1, 0.15) is 52.5 Å². The monoisotopic (exact) mass is 407 g/mol. The molecule has 6 nitrogen and oxygen atoms in total. The number of hydrogen-bond acceptors (Lipinski definition) is 4. The summed E-state index contributed by atoms with van der Waals surface area (Å²) in [5.74, 6) is 0.354. The van der Waals surface area contributed by atoms with Crippen LogP contribution in [0.15, 0.2) is 29.2 Å². The molecule has 1 aromatic rings. The van der Waals surface area contributed by atoms with E-state index in [4.69, 9.17) is 0 Å². The summed E-state index contributed by atoms with van der Waals surface area (Å²) in [5, 5.41) is 3.59. The maximum atomic E-state index is 13.1. The van der Waals surface area contributed by atoms with E-state index >= 15 is 0 Å². The maximum absolute atomic E-state index is 13.1. The van der Waals surface area contributed by atoms with E-state index in [2.05, 4.69) is 33.0 Å². The normalized spacial score (nSPS) is 24.3. The Morgan fingerprint density at radius 2 is 1.71 bits per heavy atom. The highest BCUT2D eigenvalue weighted by Gasteiger charge is 2.54. The van der Waals surface area contributed by atoms with Crippen LogP contribution in [-0.2, 0) is 14.8 Å². The number of nitrogens with one attached hydrogen (secondary N) is 1. The zero-order valence-corrected chi connectivity index (χ0v) is 18.4. The second kappa shape index (κ2) is 7.76. The summed E-state index contributed by atoms with van der Waals surface area (Å²) in [6, 6.07) is 6.93. The number of carbonyl (C=O) groups excluding carboxylic acids is 1. The molecule has 1 aromatic carbocycles. The lowest BCUT2D eigenvalue weighted by atomic mass is 9.95. The molecule has 156 valence electrons. The van der Waals surface area contributed by atoms with Gasteiger partial charge in [0.05, 0.1) is 16.6 Å². The van der Waals surface area contributed by atoms with Crippen LogP contribution in [0.25, 0.3) is 0 Å². The van der Waals surface area contributed by atoms with E-state index in [1.165, 1.54) is 0 Å². The topological polar surface area (TPSA) is 69.7 Å². The molecule has 2 aliphatic rings. The zero-order chi connectivity index (χ0) is 20.7. The van der Waals surface area contributed by atoms with Crippen molar-refractivity contribution in [3.63, 3.8) is 0 Å². The summed E-state index contributed by atoms with van der Waals surface area (Å²) in [5.41, 5.74) is 0.593. The standard InChI is InChI=1S/C21H33N3O3S/c1-6-17(5)24-20(25)19(15(2)3)22-21(24)11-13-23(14-12-21)28(26,27)18-9-7-16(4)8-10-18/h7-10,15,17,19,22H,6,11-14H2,1-5H3/t17-,19+/m0/s1. The Morgan fingerprint density at radius 3 is 2.21 bits per heavy atom. The number of benzene rings is 1. The molecule has 1 N–H and O–H groups in total. The molecule has 7 heteroatoms. The third-order valence-electron chi connectivity index (χ3n) is 6.30. The fraction of sp³-hybridized carbons (Fsp3) is 0.667. The van der Waals surface area contributed by atoms with Crippen molar-refractivity contribution in [3.8, 4) is 0 Å². The van der Waals surface area contributed by atoms with Crippen LogP contribution in [0.3, 0.4) is 0 Å². The Hall–Kier alpha value is -1.44. The molecule has 1 spiro atoms. The molecule has 2 heterocycles. The van der Waals surface area contributed by atoms with Crippen LogP contribution in [0.5, 0.6) is 0 Å². The lowest BCUT2D eigenvalue weighted by Gasteiger charge is -2.46. The third-order valence-corrected chi connectivity index (χ3v) is 8.21. The number of hydrogen-bond donors (Lipinski definition) is 1. The smallest absolute Gasteiger partial charge is 0.243 e. The Balaban J connectivity index is 1.82. The number of nitrogens with zero attached hydrogens (tertiary/aromatic N) is 2. The number of aryl methyl sites for hydroxylation is 1. The molecule has 2 saturated heterocycles. The maximum Gasteiger partial charge on any atom is 0.243 e. The minimum atomic E-state index is -3.51. The van der Waals surface area contributed by atoms with Crippen molar-refractivity contribution in [1.82, 2.24) is 14.5 Å². The van der Waals surface area contributed by atoms with Crippen LogP contribution in [0, 0.1) is 12.8 Å². The number of rotatable bonds is 5. The quantitative estimate of drug-likeness (QED) is 0.815. The first kappa shape index (κ1) is 21.3. The lowest BCUT2D eigenvalue weighted by molar-refractivity contribution is -0.136. The van der Waals surface area contributed by atoms with E-state index in [1.54, 1.807) is 16.4 Å². The predicted molar refractivity (Wildman–Crippen MR) is 110 cm³/mol. The number of carbonyl (C=O) groups is 1. The Labute approximate surface area is 169 Å². The zero-order valence-electron chi connectivity index (χ0n) is 17.6. The summed E-state index contributed by atoms with van der Waals surface area (Å²) in [6.07, 6.45) is 2.10. The Bertz CT molecular complexity index is 812. The fourth-order valence-corrected chi connectivity index (χ4v) is 5.84. The van der Waals surface area contributed by atoms with Crippen molar-refractivity contribution < 1.29 is 13.2 Å². The van der Waals surface area contributed by atoms with Crippen molar-refractivity contribution in [1.29, 1.82) is 0 Å². The van der Waals surface area contributed by atoms with Crippen molar-refractivity contribution in [2.24, 2.45) is 5.92 Å². The first-order chi connectivity index (χ1) is 13.1. The molecule has 0 aromatic heterocycles. The van der Waals surface area contributed by atoms with Crippen LogP contribution >= 0.6 is 0 Å². The average molecular weight is 408 g/mol. The van der Waals surface area contributed by atoms with Gasteiger partial charge in [0.2, 0.25) is 15.9 Å². The molecule has 2 aliphatic heterocycles. The molecule has 0 unspecified atom stereocenters. The number of sulfonamides is 1.